The van der Waals surface area contributed by atoms with Crippen LogP contribution in [0, 0.1) is 13.8 Å². The quantitative estimate of drug-likeness (QED) is 0.846. The Bertz CT molecular complexity index is 604. The zero-order chi connectivity index (χ0) is 14.0. The summed E-state index contributed by atoms with van der Waals surface area (Å²) in [6, 6.07) is 8.27. The van der Waals surface area contributed by atoms with Gasteiger partial charge in [0.25, 0.3) is 0 Å². The first-order valence-electron chi connectivity index (χ1n) is 6.07. The van der Waals surface area contributed by atoms with Crippen LogP contribution in [0.15, 0.2) is 24.3 Å². The third-order valence-electron chi connectivity index (χ3n) is 2.84. The van der Waals surface area contributed by atoms with Crippen LogP contribution in [0.4, 0.5) is 5.82 Å². The van der Waals surface area contributed by atoms with Crippen LogP contribution in [-0.2, 0) is 0 Å². The number of pyridine rings is 1. The lowest BCUT2D eigenvalue weighted by Crippen LogP contribution is -2.16. The summed E-state index contributed by atoms with van der Waals surface area (Å²) < 4.78 is 0. The Morgan fingerprint density at radius 1 is 1.32 bits per heavy atom. The number of nitrogens with two attached hydrogens (primary N) is 1. The van der Waals surface area contributed by atoms with Crippen LogP contribution < -0.4 is 11.1 Å². The van der Waals surface area contributed by atoms with E-state index in [-0.39, 0.29) is 6.04 Å². The number of aromatic nitrogens is 1. The van der Waals surface area contributed by atoms with E-state index in [1.165, 1.54) is 9.75 Å². The Morgan fingerprint density at radius 2 is 2.05 bits per heavy atom. The topological polar surface area (TPSA) is 50.9 Å². The van der Waals surface area contributed by atoms with Gasteiger partial charge < -0.3 is 11.1 Å². The Morgan fingerprint density at radius 3 is 2.63 bits per heavy atom. The first-order chi connectivity index (χ1) is 8.97. The summed E-state index contributed by atoms with van der Waals surface area (Å²) in [6.07, 6.45) is 0. The van der Waals surface area contributed by atoms with Crippen LogP contribution >= 0.6 is 23.6 Å². The van der Waals surface area contributed by atoms with Gasteiger partial charge in [0.05, 0.1) is 11.6 Å². The van der Waals surface area contributed by atoms with Crippen molar-refractivity contribution in [3.63, 3.8) is 0 Å². The molecule has 2 aromatic rings. The van der Waals surface area contributed by atoms with Crippen LogP contribution in [-0.4, -0.2) is 9.97 Å². The highest BCUT2D eigenvalue weighted by atomic mass is 32.1. The second kappa shape index (κ2) is 5.67. The van der Waals surface area contributed by atoms with Crippen molar-refractivity contribution in [2.75, 3.05) is 5.32 Å². The van der Waals surface area contributed by atoms with Gasteiger partial charge in [-0.15, -0.1) is 11.3 Å². The number of hydrogen-bond donors (Lipinski definition) is 2. The molecule has 1 atom stereocenters. The standard InChI is InChI=1S/C14H17N3S2/c1-8-4-6-11(13(15)18)14(16-8)17-10(3)12-7-5-9(2)19-12/h4-7,10H,1-3H3,(H2,15,18)(H,16,17). The SMILES string of the molecule is Cc1ccc(C(N)=S)c(NC(C)c2ccc(C)s2)n1. The average molecular weight is 291 g/mol. The third kappa shape index (κ3) is 3.30. The molecule has 0 radical (unpaired) electrons. The highest BCUT2D eigenvalue weighted by Crippen LogP contribution is 2.26. The summed E-state index contributed by atoms with van der Waals surface area (Å²) in [7, 11) is 0. The molecule has 0 bridgehead atoms. The maximum absolute atomic E-state index is 5.74. The zero-order valence-corrected chi connectivity index (χ0v) is 12.9. The molecule has 100 valence electrons. The molecule has 0 aliphatic rings. The first-order valence-corrected chi connectivity index (χ1v) is 7.30. The fraction of sp³-hybridized carbons (Fsp3) is 0.286. The maximum Gasteiger partial charge on any atom is 0.137 e. The van der Waals surface area contributed by atoms with Gasteiger partial charge >= 0.3 is 0 Å². The fourth-order valence-electron chi connectivity index (χ4n) is 1.83. The largest absolute Gasteiger partial charge is 0.389 e. The van der Waals surface area contributed by atoms with E-state index in [9.17, 15) is 0 Å². The predicted molar refractivity (Wildman–Crippen MR) is 86.0 cm³/mol. The van der Waals surface area contributed by atoms with Crippen LogP contribution in [0.5, 0.6) is 0 Å². The second-order valence-corrected chi connectivity index (χ2v) is 6.29. The Kier molecular flexibility index (Phi) is 4.17. The molecule has 3 nitrogen and oxygen atoms in total. The van der Waals surface area contributed by atoms with E-state index in [0.717, 1.165) is 17.1 Å². The molecule has 3 N–H and O–H groups in total. The van der Waals surface area contributed by atoms with Crippen molar-refractivity contribution < 1.29 is 0 Å². The van der Waals surface area contributed by atoms with Crippen molar-refractivity contribution in [1.29, 1.82) is 0 Å². The molecule has 2 heterocycles. The number of thiocarbonyl (C=S) groups is 1. The number of thiophene rings is 1. The van der Waals surface area contributed by atoms with Crippen molar-refractivity contribution >= 4 is 34.4 Å². The van der Waals surface area contributed by atoms with E-state index in [2.05, 4.69) is 36.3 Å². The molecule has 1 unspecified atom stereocenters. The number of nitrogens with one attached hydrogen (secondary N) is 1. The highest BCUT2D eigenvalue weighted by molar-refractivity contribution is 7.80. The van der Waals surface area contributed by atoms with Gasteiger partial charge in [-0.2, -0.15) is 0 Å². The van der Waals surface area contributed by atoms with Crippen molar-refractivity contribution in [3.8, 4) is 0 Å². The van der Waals surface area contributed by atoms with Gasteiger partial charge in [0, 0.05) is 15.4 Å². The van der Waals surface area contributed by atoms with Crippen molar-refractivity contribution in [3.05, 3.63) is 45.3 Å². The predicted octanol–water partition coefficient (Wildman–Crippen LogP) is 3.57. The van der Waals surface area contributed by atoms with E-state index < -0.39 is 0 Å². The number of rotatable bonds is 4. The molecule has 0 spiro atoms. The molecule has 2 aromatic heterocycles. The fourth-order valence-corrected chi connectivity index (χ4v) is 2.87. The van der Waals surface area contributed by atoms with Crippen LogP contribution in [0.25, 0.3) is 0 Å². The van der Waals surface area contributed by atoms with Gasteiger partial charge in [0.1, 0.15) is 10.8 Å². The van der Waals surface area contributed by atoms with Crippen LogP contribution in [0.1, 0.15) is 34.0 Å². The van der Waals surface area contributed by atoms with E-state index >= 15 is 0 Å². The van der Waals surface area contributed by atoms with E-state index in [1.807, 2.05) is 19.1 Å². The number of aryl methyl sites for hydroxylation is 2. The van der Waals surface area contributed by atoms with Crippen molar-refractivity contribution in [2.45, 2.75) is 26.8 Å². The van der Waals surface area contributed by atoms with Crippen molar-refractivity contribution in [2.24, 2.45) is 5.73 Å². The highest BCUT2D eigenvalue weighted by Gasteiger charge is 2.12. The van der Waals surface area contributed by atoms with Gasteiger partial charge in [-0.3, -0.25) is 0 Å². The molecule has 0 fully saturated rings. The molecule has 0 amide bonds. The first kappa shape index (κ1) is 14.0. The summed E-state index contributed by atoms with van der Waals surface area (Å²) in [5, 5.41) is 3.39. The Hall–Kier alpha value is -1.46. The summed E-state index contributed by atoms with van der Waals surface area (Å²) >= 11 is 6.85. The van der Waals surface area contributed by atoms with Crippen LogP contribution in [0.3, 0.4) is 0 Å². The lowest BCUT2D eigenvalue weighted by molar-refractivity contribution is 0.893. The summed E-state index contributed by atoms with van der Waals surface area (Å²) in [6.45, 7) is 6.17. The molecule has 0 saturated heterocycles. The molecule has 0 aliphatic carbocycles. The van der Waals surface area contributed by atoms with E-state index in [1.54, 1.807) is 11.3 Å². The number of nitrogens with zero attached hydrogens (tertiary/aromatic N) is 1. The van der Waals surface area contributed by atoms with Gasteiger partial charge in [-0.1, -0.05) is 12.2 Å². The Labute approximate surface area is 122 Å². The lowest BCUT2D eigenvalue weighted by atomic mass is 10.2. The van der Waals surface area contributed by atoms with Gasteiger partial charge in [0.15, 0.2) is 0 Å². The van der Waals surface area contributed by atoms with Crippen molar-refractivity contribution in [1.82, 2.24) is 4.98 Å². The molecule has 0 aromatic carbocycles. The van der Waals surface area contributed by atoms with Crippen LogP contribution in [0.2, 0.25) is 0 Å². The molecular weight excluding hydrogens is 274 g/mol. The zero-order valence-electron chi connectivity index (χ0n) is 11.2. The minimum absolute atomic E-state index is 0.182. The molecule has 0 aliphatic heterocycles. The van der Waals surface area contributed by atoms with E-state index in [4.69, 9.17) is 18.0 Å². The molecule has 19 heavy (non-hydrogen) atoms. The minimum Gasteiger partial charge on any atom is -0.389 e. The normalized spacial score (nSPS) is 12.2. The molecule has 5 heteroatoms. The lowest BCUT2D eigenvalue weighted by Gasteiger charge is -2.16. The third-order valence-corrected chi connectivity index (χ3v) is 4.24. The van der Waals surface area contributed by atoms with Gasteiger partial charge in [-0.25, -0.2) is 4.98 Å². The summed E-state index contributed by atoms with van der Waals surface area (Å²) in [5.74, 6) is 0.756. The maximum atomic E-state index is 5.74. The summed E-state index contributed by atoms with van der Waals surface area (Å²) in [5.41, 5.74) is 7.47. The number of anilines is 1. The summed E-state index contributed by atoms with van der Waals surface area (Å²) in [4.78, 5) is 7.43. The molecule has 0 saturated carbocycles. The Balaban J connectivity index is 2.27. The second-order valence-electron chi connectivity index (χ2n) is 4.53. The number of hydrogen-bond acceptors (Lipinski definition) is 4. The minimum atomic E-state index is 0.182. The van der Waals surface area contributed by atoms with Gasteiger partial charge in [-0.05, 0) is 45.0 Å². The molecule has 2 rings (SSSR count). The smallest absolute Gasteiger partial charge is 0.137 e. The van der Waals surface area contributed by atoms with Gasteiger partial charge in [0.2, 0.25) is 0 Å². The van der Waals surface area contributed by atoms with E-state index in [0.29, 0.717) is 4.99 Å². The monoisotopic (exact) mass is 291 g/mol. The average Bonchev–Trinajstić information content (AvgIpc) is 2.75. The molecular formula is C14H17N3S2.